The fourth-order valence-corrected chi connectivity index (χ4v) is 0.590. The highest BCUT2D eigenvalue weighted by Crippen LogP contribution is 1.84. The molecular formula is C5H12BNO3. The van der Waals surface area contributed by atoms with Gasteiger partial charge in [-0.3, -0.25) is 4.79 Å². The maximum Gasteiger partial charge on any atom is 0.374 e. The lowest BCUT2D eigenvalue weighted by atomic mass is 9.87. The third-order valence-electron chi connectivity index (χ3n) is 1.12. The zero-order valence-electron chi connectivity index (χ0n) is 6.16. The lowest BCUT2D eigenvalue weighted by Gasteiger charge is -2.12. The van der Waals surface area contributed by atoms with Gasteiger partial charge in [-0.2, -0.15) is 0 Å². The number of aliphatic hydroxyl groups is 1. The highest BCUT2D eigenvalue weighted by molar-refractivity contribution is 6.46. The number of rotatable bonds is 4. The zero-order valence-corrected chi connectivity index (χ0v) is 6.16. The first kappa shape index (κ1) is 9.61. The molecule has 0 aliphatic carbocycles. The van der Waals surface area contributed by atoms with E-state index in [0.29, 0.717) is 0 Å². The van der Waals surface area contributed by atoms with Crippen LogP contribution in [0.15, 0.2) is 0 Å². The highest BCUT2D eigenvalue weighted by Gasteiger charge is 2.15. The van der Waals surface area contributed by atoms with Crippen molar-refractivity contribution >= 4 is 12.8 Å². The molecule has 0 radical (unpaired) electrons. The number of carbonyl (C=O) groups is 1. The van der Waals surface area contributed by atoms with E-state index in [2.05, 4.69) is 5.23 Å². The standard InChI is InChI=1S/C5H12BNO3/c1-4(9)5(3-8)7-6(2)10/h5,7-8,10H,3H2,1-2H3/t5-/m1/s1. The molecule has 0 aromatic heterocycles. The SMILES string of the molecule is CB(O)N[C@H](CO)C(C)=O. The monoisotopic (exact) mass is 145 g/mol. The smallest absolute Gasteiger partial charge is 0.374 e. The number of hydrogen-bond donors (Lipinski definition) is 3. The van der Waals surface area contributed by atoms with E-state index in [9.17, 15) is 4.79 Å². The first-order valence-corrected chi connectivity index (χ1v) is 3.13. The third kappa shape index (κ3) is 3.60. The van der Waals surface area contributed by atoms with E-state index < -0.39 is 13.1 Å². The summed E-state index contributed by atoms with van der Waals surface area (Å²) < 4.78 is 0. The summed E-state index contributed by atoms with van der Waals surface area (Å²) in [4.78, 5) is 10.6. The van der Waals surface area contributed by atoms with Gasteiger partial charge >= 0.3 is 7.05 Å². The Hall–Kier alpha value is -0.385. The van der Waals surface area contributed by atoms with E-state index in [1.165, 1.54) is 13.7 Å². The molecule has 3 N–H and O–H groups in total. The molecule has 0 aliphatic rings. The van der Waals surface area contributed by atoms with Crippen molar-refractivity contribution in [3.8, 4) is 0 Å². The molecule has 0 unspecified atom stereocenters. The molecule has 0 rings (SSSR count). The molecule has 0 aliphatic heterocycles. The molecule has 0 bridgehead atoms. The largest absolute Gasteiger partial charge is 0.437 e. The van der Waals surface area contributed by atoms with Crippen LogP contribution in [0.5, 0.6) is 0 Å². The summed E-state index contributed by atoms with van der Waals surface area (Å²) in [6, 6.07) is -0.639. The predicted molar refractivity (Wildman–Crippen MR) is 38.5 cm³/mol. The Balaban J connectivity index is 3.72. The van der Waals surface area contributed by atoms with Gasteiger partial charge in [0.25, 0.3) is 0 Å². The van der Waals surface area contributed by atoms with Crippen LogP contribution in [0.4, 0.5) is 0 Å². The normalized spacial score (nSPS) is 12.8. The first-order chi connectivity index (χ1) is 4.57. The number of Topliss-reactive ketones (excluding diaryl/α,β-unsaturated/α-hetero) is 1. The first-order valence-electron chi connectivity index (χ1n) is 3.13. The van der Waals surface area contributed by atoms with Crippen LogP contribution in [0.2, 0.25) is 6.82 Å². The average Bonchev–Trinajstić information content (AvgIpc) is 1.81. The maximum atomic E-state index is 10.6. The minimum atomic E-state index is -0.763. The van der Waals surface area contributed by atoms with Crippen LogP contribution < -0.4 is 5.23 Å². The van der Waals surface area contributed by atoms with Crippen molar-refractivity contribution < 1.29 is 14.9 Å². The minimum Gasteiger partial charge on any atom is -0.437 e. The molecular weight excluding hydrogens is 133 g/mol. The van der Waals surface area contributed by atoms with Gasteiger partial charge in [-0.1, -0.05) is 0 Å². The van der Waals surface area contributed by atoms with Gasteiger partial charge in [-0.15, -0.1) is 0 Å². The molecule has 0 aromatic rings. The van der Waals surface area contributed by atoms with Crippen molar-refractivity contribution in [1.29, 1.82) is 0 Å². The Morgan fingerprint density at radius 2 is 2.30 bits per heavy atom. The van der Waals surface area contributed by atoms with E-state index in [-0.39, 0.29) is 12.4 Å². The van der Waals surface area contributed by atoms with Gasteiger partial charge in [0.1, 0.15) is 5.78 Å². The zero-order chi connectivity index (χ0) is 8.15. The van der Waals surface area contributed by atoms with Gasteiger partial charge < -0.3 is 15.4 Å². The second kappa shape index (κ2) is 4.43. The van der Waals surface area contributed by atoms with Crippen LogP contribution in [0.25, 0.3) is 0 Å². The minimum absolute atomic E-state index is 0.177. The third-order valence-corrected chi connectivity index (χ3v) is 1.12. The number of hydrogen-bond acceptors (Lipinski definition) is 4. The molecule has 0 saturated heterocycles. The van der Waals surface area contributed by atoms with Crippen molar-refractivity contribution in [2.45, 2.75) is 19.8 Å². The summed E-state index contributed by atoms with van der Waals surface area (Å²) in [6.45, 7) is 2.57. The van der Waals surface area contributed by atoms with E-state index >= 15 is 0 Å². The van der Waals surface area contributed by atoms with Crippen molar-refractivity contribution in [1.82, 2.24) is 5.23 Å². The Morgan fingerprint density at radius 1 is 1.80 bits per heavy atom. The lowest BCUT2D eigenvalue weighted by Crippen LogP contribution is -2.46. The summed E-state index contributed by atoms with van der Waals surface area (Å²) in [7, 11) is -0.763. The van der Waals surface area contributed by atoms with E-state index in [0.717, 1.165) is 0 Å². The summed E-state index contributed by atoms with van der Waals surface area (Å²) >= 11 is 0. The second-order valence-corrected chi connectivity index (χ2v) is 2.19. The number of nitrogens with one attached hydrogen (secondary N) is 1. The van der Waals surface area contributed by atoms with E-state index in [1.54, 1.807) is 0 Å². The van der Waals surface area contributed by atoms with Crippen LogP contribution in [-0.4, -0.2) is 35.6 Å². The molecule has 0 fully saturated rings. The highest BCUT2D eigenvalue weighted by atomic mass is 16.3. The van der Waals surface area contributed by atoms with E-state index in [1.807, 2.05) is 0 Å². The Morgan fingerprint density at radius 3 is 2.40 bits per heavy atom. The summed E-state index contributed by atoms with van der Waals surface area (Å²) in [6.07, 6.45) is 0. The fraction of sp³-hybridized carbons (Fsp3) is 0.800. The van der Waals surface area contributed by atoms with Crippen molar-refractivity contribution in [3.05, 3.63) is 0 Å². The predicted octanol–water partition coefficient (Wildman–Crippen LogP) is -1.36. The van der Waals surface area contributed by atoms with Crippen LogP contribution in [0.3, 0.4) is 0 Å². The molecule has 0 saturated carbocycles. The Labute approximate surface area is 60.4 Å². The molecule has 58 valence electrons. The molecule has 1 atom stereocenters. The van der Waals surface area contributed by atoms with Gasteiger partial charge in [-0.25, -0.2) is 0 Å². The van der Waals surface area contributed by atoms with Crippen molar-refractivity contribution in [2.24, 2.45) is 0 Å². The van der Waals surface area contributed by atoms with Crippen LogP contribution in [0, 0.1) is 0 Å². The molecule has 0 heterocycles. The molecule has 0 amide bonds. The van der Waals surface area contributed by atoms with Crippen molar-refractivity contribution in [3.63, 3.8) is 0 Å². The summed E-state index contributed by atoms with van der Waals surface area (Å²) in [5.74, 6) is -0.177. The fourth-order valence-electron chi connectivity index (χ4n) is 0.590. The quantitative estimate of drug-likeness (QED) is 0.427. The summed E-state index contributed by atoms with van der Waals surface area (Å²) in [5.41, 5.74) is 0. The van der Waals surface area contributed by atoms with Gasteiger partial charge in [0, 0.05) is 0 Å². The van der Waals surface area contributed by atoms with Gasteiger partial charge in [0.2, 0.25) is 0 Å². The second-order valence-electron chi connectivity index (χ2n) is 2.19. The topological polar surface area (TPSA) is 69.6 Å². The lowest BCUT2D eigenvalue weighted by molar-refractivity contribution is -0.119. The Kier molecular flexibility index (Phi) is 4.26. The van der Waals surface area contributed by atoms with Gasteiger partial charge in [-0.05, 0) is 13.7 Å². The number of carbonyl (C=O) groups excluding carboxylic acids is 1. The number of aliphatic hydroxyl groups excluding tert-OH is 1. The van der Waals surface area contributed by atoms with E-state index in [4.69, 9.17) is 10.1 Å². The molecule has 4 nitrogen and oxygen atoms in total. The van der Waals surface area contributed by atoms with Crippen LogP contribution >= 0.6 is 0 Å². The maximum absolute atomic E-state index is 10.6. The number of ketones is 1. The van der Waals surface area contributed by atoms with Crippen LogP contribution in [-0.2, 0) is 4.79 Å². The molecule has 5 heteroatoms. The van der Waals surface area contributed by atoms with Gasteiger partial charge in [0.05, 0.1) is 12.6 Å². The summed E-state index contributed by atoms with van der Waals surface area (Å²) in [5, 5.41) is 19.8. The van der Waals surface area contributed by atoms with Gasteiger partial charge in [0.15, 0.2) is 0 Å². The molecule has 0 spiro atoms. The van der Waals surface area contributed by atoms with Crippen molar-refractivity contribution in [2.75, 3.05) is 6.61 Å². The molecule has 0 aromatic carbocycles. The van der Waals surface area contributed by atoms with Crippen LogP contribution in [0.1, 0.15) is 6.92 Å². The Bertz CT molecular complexity index is 117. The molecule has 10 heavy (non-hydrogen) atoms. The average molecular weight is 145 g/mol.